The van der Waals surface area contributed by atoms with Gasteiger partial charge in [-0.15, -0.1) is 11.3 Å². The molecule has 30 heavy (non-hydrogen) atoms. The van der Waals surface area contributed by atoms with Crippen LogP contribution in [0.3, 0.4) is 0 Å². The first-order chi connectivity index (χ1) is 14.6. The summed E-state index contributed by atoms with van der Waals surface area (Å²) in [5.41, 5.74) is 0.866. The number of para-hydroxylation sites is 1. The summed E-state index contributed by atoms with van der Waals surface area (Å²) in [6, 6.07) is 16.1. The SMILES string of the molecule is CN1CCN(CCCn2c3ccccc3sc3ccccc3c3c(=O)c(=O)c32)CC1. The Labute approximate surface area is 178 Å². The Morgan fingerprint density at radius 3 is 2.33 bits per heavy atom. The van der Waals surface area contributed by atoms with Crippen molar-refractivity contribution in [3.63, 3.8) is 0 Å². The highest BCUT2D eigenvalue weighted by atomic mass is 32.1. The molecule has 1 fully saturated rings. The van der Waals surface area contributed by atoms with E-state index in [1.807, 2.05) is 36.4 Å². The molecule has 1 aromatic heterocycles. The van der Waals surface area contributed by atoms with Crippen molar-refractivity contribution in [1.29, 1.82) is 0 Å². The zero-order valence-electron chi connectivity index (χ0n) is 17.1. The number of piperazine rings is 1. The summed E-state index contributed by atoms with van der Waals surface area (Å²) < 4.78 is 4.23. The van der Waals surface area contributed by atoms with Gasteiger partial charge in [0.25, 0.3) is 5.43 Å². The van der Waals surface area contributed by atoms with E-state index in [1.54, 1.807) is 11.3 Å². The minimum Gasteiger partial charge on any atom is -0.336 e. The van der Waals surface area contributed by atoms with Crippen molar-refractivity contribution in [2.45, 2.75) is 13.0 Å². The van der Waals surface area contributed by atoms with Crippen LogP contribution in [0, 0.1) is 0 Å². The molecule has 0 unspecified atom stereocenters. The zero-order valence-corrected chi connectivity index (χ0v) is 18.0. The van der Waals surface area contributed by atoms with Gasteiger partial charge < -0.3 is 14.4 Å². The highest BCUT2D eigenvalue weighted by molar-refractivity contribution is 7.24. The third kappa shape index (κ3) is 3.35. The van der Waals surface area contributed by atoms with Crippen LogP contribution >= 0.6 is 11.3 Å². The number of hydrogen-bond acceptors (Lipinski definition) is 5. The molecule has 0 aliphatic carbocycles. The average molecular weight is 420 g/mol. The third-order valence-corrected chi connectivity index (χ3v) is 7.28. The van der Waals surface area contributed by atoms with Gasteiger partial charge in [0.05, 0.1) is 15.6 Å². The quantitative estimate of drug-likeness (QED) is 0.476. The lowest BCUT2D eigenvalue weighted by Crippen LogP contribution is -2.44. The van der Waals surface area contributed by atoms with Crippen molar-refractivity contribution in [3.05, 3.63) is 69.0 Å². The Morgan fingerprint density at radius 2 is 1.53 bits per heavy atom. The van der Waals surface area contributed by atoms with E-state index in [4.69, 9.17) is 0 Å². The Balaban J connectivity index is 1.63. The van der Waals surface area contributed by atoms with Gasteiger partial charge in [0.2, 0.25) is 5.43 Å². The second kappa shape index (κ2) is 7.95. The van der Waals surface area contributed by atoms with Gasteiger partial charge in [-0.25, -0.2) is 0 Å². The molecule has 5 rings (SSSR count). The van der Waals surface area contributed by atoms with Gasteiger partial charge in [0, 0.05) is 42.8 Å². The number of fused-ring (bicyclic) bond motifs is 4. The van der Waals surface area contributed by atoms with E-state index in [9.17, 15) is 9.59 Å². The first-order valence-electron chi connectivity index (χ1n) is 10.5. The molecular formula is C24H25N3O2S. The molecule has 6 heteroatoms. The molecule has 0 radical (unpaired) electrons. The van der Waals surface area contributed by atoms with Crippen molar-refractivity contribution in [3.8, 4) is 0 Å². The number of aromatic nitrogens is 1. The number of benzene rings is 2. The highest BCUT2D eigenvalue weighted by Gasteiger charge is 2.19. The number of aryl methyl sites for hydroxylation is 1. The molecule has 2 heterocycles. The Bertz CT molecular complexity index is 1350. The van der Waals surface area contributed by atoms with Crippen LogP contribution in [0.15, 0.2) is 58.1 Å². The van der Waals surface area contributed by atoms with Crippen LogP contribution in [0.25, 0.3) is 31.2 Å². The fourth-order valence-electron chi connectivity index (χ4n) is 4.41. The van der Waals surface area contributed by atoms with Crippen LogP contribution in [-0.4, -0.2) is 54.1 Å². The van der Waals surface area contributed by atoms with Crippen molar-refractivity contribution in [2.75, 3.05) is 39.8 Å². The summed E-state index contributed by atoms with van der Waals surface area (Å²) in [4.78, 5) is 30.1. The average Bonchev–Trinajstić information content (AvgIpc) is 2.76. The van der Waals surface area contributed by atoms with E-state index in [-0.39, 0.29) is 10.9 Å². The lowest BCUT2D eigenvalue weighted by molar-refractivity contribution is 0.151. The summed E-state index contributed by atoms with van der Waals surface area (Å²) in [7, 11) is 2.16. The number of likely N-dealkylation sites (N-methyl/N-ethyl adjacent to an activating group) is 1. The maximum Gasteiger partial charge on any atom is 0.250 e. The number of nitrogens with zero attached hydrogens (tertiary/aromatic N) is 3. The molecule has 1 saturated heterocycles. The van der Waals surface area contributed by atoms with Crippen molar-refractivity contribution < 1.29 is 0 Å². The topological polar surface area (TPSA) is 45.5 Å². The third-order valence-electron chi connectivity index (χ3n) is 6.14. The molecule has 1 aliphatic rings. The molecule has 5 nitrogen and oxygen atoms in total. The van der Waals surface area contributed by atoms with Gasteiger partial charge in [0.15, 0.2) is 0 Å². The monoisotopic (exact) mass is 419 g/mol. The molecule has 0 N–H and O–H groups in total. The van der Waals surface area contributed by atoms with Crippen LogP contribution in [-0.2, 0) is 6.54 Å². The van der Waals surface area contributed by atoms with Crippen molar-refractivity contribution >= 4 is 42.5 Å². The predicted molar refractivity (Wildman–Crippen MR) is 126 cm³/mol. The van der Waals surface area contributed by atoms with Crippen LogP contribution in [0.4, 0.5) is 0 Å². The predicted octanol–water partition coefficient (Wildman–Crippen LogP) is 3.37. The van der Waals surface area contributed by atoms with E-state index in [1.165, 1.54) is 0 Å². The van der Waals surface area contributed by atoms with Crippen molar-refractivity contribution in [1.82, 2.24) is 14.4 Å². The smallest absolute Gasteiger partial charge is 0.250 e. The van der Waals surface area contributed by atoms with Crippen LogP contribution in [0.2, 0.25) is 0 Å². The standard InChI is InChI=1S/C24H25N3O2S/c1-25-13-15-26(16-14-25)11-6-12-27-18-8-3-5-10-20(18)30-19-9-4-2-7-17(19)21-22(27)24(29)23(21)28/h2-5,7-10H,6,11-16H2,1H3. The fraction of sp³-hybridized carbons (Fsp3) is 0.333. The lowest BCUT2D eigenvalue weighted by atomic mass is 10.1. The Hall–Kier alpha value is -2.54. The van der Waals surface area contributed by atoms with Gasteiger partial charge in [-0.2, -0.15) is 0 Å². The summed E-state index contributed by atoms with van der Waals surface area (Å²) >= 11 is 1.67. The molecule has 0 spiro atoms. The van der Waals surface area contributed by atoms with Crippen LogP contribution in [0.1, 0.15) is 6.42 Å². The minimum absolute atomic E-state index is 0.360. The molecule has 0 atom stereocenters. The molecule has 3 aromatic carbocycles. The van der Waals surface area contributed by atoms with E-state index in [2.05, 4.69) is 33.5 Å². The Morgan fingerprint density at radius 1 is 0.833 bits per heavy atom. The lowest BCUT2D eigenvalue weighted by Gasteiger charge is -2.32. The fourth-order valence-corrected chi connectivity index (χ4v) is 5.50. The Kier molecular flexibility index (Phi) is 5.15. The summed E-state index contributed by atoms with van der Waals surface area (Å²) in [6.07, 6.45) is 0.947. The summed E-state index contributed by atoms with van der Waals surface area (Å²) in [5.74, 6) is 0. The maximum atomic E-state index is 12.7. The molecule has 0 saturated carbocycles. The minimum atomic E-state index is -0.360. The second-order valence-corrected chi connectivity index (χ2v) is 9.18. The van der Waals surface area contributed by atoms with Gasteiger partial charge in [-0.05, 0) is 38.2 Å². The van der Waals surface area contributed by atoms with Gasteiger partial charge in [-0.1, -0.05) is 30.3 Å². The van der Waals surface area contributed by atoms with Gasteiger partial charge >= 0.3 is 0 Å². The van der Waals surface area contributed by atoms with E-state index >= 15 is 0 Å². The largest absolute Gasteiger partial charge is 0.336 e. The normalized spacial score (nSPS) is 16.0. The first kappa shape index (κ1) is 19.4. The first-order valence-corrected chi connectivity index (χ1v) is 11.3. The van der Waals surface area contributed by atoms with Crippen LogP contribution in [0.5, 0.6) is 0 Å². The van der Waals surface area contributed by atoms with E-state index < -0.39 is 0 Å². The van der Waals surface area contributed by atoms with Gasteiger partial charge in [-0.3, -0.25) is 9.59 Å². The number of rotatable bonds is 4. The summed E-state index contributed by atoms with van der Waals surface area (Å²) in [6.45, 7) is 6.10. The van der Waals surface area contributed by atoms with E-state index in [0.717, 1.165) is 66.0 Å². The molecule has 0 amide bonds. The number of hydrogen-bond donors (Lipinski definition) is 0. The van der Waals surface area contributed by atoms with Gasteiger partial charge in [0.1, 0.15) is 5.52 Å². The highest BCUT2D eigenvalue weighted by Crippen LogP contribution is 2.29. The molecule has 4 aromatic rings. The molecular weight excluding hydrogens is 394 g/mol. The molecule has 154 valence electrons. The van der Waals surface area contributed by atoms with E-state index in [0.29, 0.717) is 10.9 Å². The maximum absolute atomic E-state index is 12.7. The molecule has 1 aliphatic heterocycles. The zero-order chi connectivity index (χ0) is 20.7. The van der Waals surface area contributed by atoms with Crippen molar-refractivity contribution in [2.24, 2.45) is 0 Å². The summed E-state index contributed by atoms with van der Waals surface area (Å²) in [5, 5.41) is 1.46. The second-order valence-electron chi connectivity index (χ2n) is 8.10. The van der Waals surface area contributed by atoms with Crippen LogP contribution < -0.4 is 10.9 Å². The molecule has 0 bridgehead atoms.